The first-order valence-electron chi connectivity index (χ1n) is 13.0. The Hall–Kier alpha value is -3.67. The molecule has 0 saturated carbocycles. The van der Waals surface area contributed by atoms with Gasteiger partial charge in [-0.15, -0.1) is 23.2 Å². The van der Waals surface area contributed by atoms with Gasteiger partial charge in [0.1, 0.15) is 0 Å². The van der Waals surface area contributed by atoms with Gasteiger partial charge in [0.25, 0.3) is 0 Å². The Morgan fingerprint density at radius 2 is 1.15 bits per heavy atom. The van der Waals surface area contributed by atoms with Crippen LogP contribution in [0, 0.1) is 13.8 Å². The molecule has 13 heteroatoms. The van der Waals surface area contributed by atoms with Gasteiger partial charge in [0.15, 0.2) is 11.3 Å². The van der Waals surface area contributed by atoms with Crippen LogP contribution >= 0.6 is 23.2 Å². The fourth-order valence-electron chi connectivity index (χ4n) is 6.15. The Balaban J connectivity index is 0.000000712. The highest BCUT2D eigenvalue weighted by molar-refractivity contribution is 7.94. The second kappa shape index (κ2) is 9.71. The topological polar surface area (TPSA) is 123 Å². The number of carbonyl (C=O) groups is 2. The quantitative estimate of drug-likeness (QED) is 0.321. The summed E-state index contributed by atoms with van der Waals surface area (Å²) in [4.78, 5) is 31.0. The maximum absolute atomic E-state index is 13.8. The molecular formula is C28H28Cl2N6O4S. The summed E-state index contributed by atoms with van der Waals surface area (Å²) in [7, 11) is -3.69. The van der Waals surface area contributed by atoms with Gasteiger partial charge in [-0.25, -0.2) is 9.59 Å². The number of rotatable bonds is 3. The zero-order valence-corrected chi connectivity index (χ0v) is 24.6. The van der Waals surface area contributed by atoms with Crippen molar-refractivity contribution >= 4 is 56.8 Å². The lowest BCUT2D eigenvalue weighted by molar-refractivity contribution is -0.0153. The molecule has 2 saturated heterocycles. The van der Waals surface area contributed by atoms with Crippen molar-refractivity contribution in [2.45, 2.75) is 38.3 Å². The van der Waals surface area contributed by atoms with Gasteiger partial charge in [-0.3, -0.25) is 19.2 Å². The molecule has 41 heavy (non-hydrogen) atoms. The van der Waals surface area contributed by atoms with Gasteiger partial charge in [0, 0.05) is 22.9 Å². The lowest BCUT2D eigenvalue weighted by Gasteiger charge is -2.46. The highest BCUT2D eigenvalue weighted by atomic mass is 35.5. The van der Waals surface area contributed by atoms with Crippen LogP contribution in [0.1, 0.15) is 33.4 Å². The predicted octanol–water partition coefficient (Wildman–Crippen LogP) is 4.62. The van der Waals surface area contributed by atoms with E-state index in [9.17, 15) is 18.0 Å². The number of nitrogens with zero attached hydrogens (tertiary/aromatic N) is 2. The predicted molar refractivity (Wildman–Crippen MR) is 158 cm³/mol. The van der Waals surface area contributed by atoms with Crippen LogP contribution < -0.4 is 20.1 Å². The first kappa shape index (κ1) is 27.5. The van der Waals surface area contributed by atoms with Gasteiger partial charge in [-0.1, -0.05) is 59.7 Å². The van der Waals surface area contributed by atoms with E-state index in [1.807, 2.05) is 62.4 Å². The summed E-state index contributed by atoms with van der Waals surface area (Å²) < 4.78 is 29.2. The van der Waals surface area contributed by atoms with E-state index in [0.717, 1.165) is 33.4 Å². The average molecular weight is 616 g/mol. The lowest BCUT2D eigenvalue weighted by atomic mass is 9.81. The molecule has 4 amide bonds. The monoisotopic (exact) mass is 614 g/mol. The Bertz CT molecular complexity index is 1600. The van der Waals surface area contributed by atoms with Gasteiger partial charge in [-0.2, -0.15) is 8.42 Å². The van der Waals surface area contributed by atoms with Gasteiger partial charge in [0.05, 0.1) is 24.5 Å². The Morgan fingerprint density at radius 1 is 0.732 bits per heavy atom. The maximum Gasteiger partial charge on any atom is 0.322 e. The molecule has 0 aliphatic carbocycles. The van der Waals surface area contributed by atoms with Crippen molar-refractivity contribution in [3.05, 3.63) is 94.0 Å². The van der Waals surface area contributed by atoms with E-state index in [4.69, 9.17) is 23.2 Å². The van der Waals surface area contributed by atoms with Gasteiger partial charge in [-0.05, 0) is 37.1 Å². The third kappa shape index (κ3) is 4.09. The number of urea groups is 2. The summed E-state index contributed by atoms with van der Waals surface area (Å²) in [6, 6.07) is 18.5. The van der Waals surface area contributed by atoms with E-state index in [2.05, 4.69) is 20.1 Å². The zero-order valence-electron chi connectivity index (χ0n) is 22.3. The second-order valence-electron chi connectivity index (χ2n) is 10.4. The Morgan fingerprint density at radius 3 is 1.56 bits per heavy atom. The number of hydrogen-bond donors (Lipinski definition) is 4. The molecular weight excluding hydrogens is 587 g/mol. The minimum atomic E-state index is -3.69. The van der Waals surface area contributed by atoms with E-state index in [1.165, 1.54) is 0 Å². The van der Waals surface area contributed by atoms with E-state index >= 15 is 0 Å². The number of alkyl halides is 2. The van der Waals surface area contributed by atoms with Crippen LogP contribution in [-0.4, -0.2) is 42.0 Å². The second-order valence-corrected chi connectivity index (χ2v) is 12.6. The highest BCUT2D eigenvalue weighted by Crippen LogP contribution is 2.56. The number of halogens is 2. The Labute approximate surface area is 248 Å². The number of anilines is 2. The molecule has 4 heterocycles. The van der Waals surface area contributed by atoms with Crippen molar-refractivity contribution in [3.63, 3.8) is 0 Å². The molecule has 2 fully saturated rings. The molecule has 4 aliphatic heterocycles. The summed E-state index contributed by atoms with van der Waals surface area (Å²) in [6.07, 6.45) is 0. The number of carbonyl (C=O) groups excluding carboxylic acids is 2. The van der Waals surface area contributed by atoms with Crippen LogP contribution in [0.4, 0.5) is 21.0 Å². The lowest BCUT2D eigenvalue weighted by Crippen LogP contribution is -2.61. The van der Waals surface area contributed by atoms with E-state index in [1.54, 1.807) is 21.9 Å². The first-order chi connectivity index (χ1) is 19.5. The van der Waals surface area contributed by atoms with Crippen molar-refractivity contribution in [1.82, 2.24) is 20.4 Å². The van der Waals surface area contributed by atoms with Crippen molar-refractivity contribution in [2.75, 3.05) is 21.2 Å². The standard InChI is InChI=1S/C26H24N6O4S.C2H4Cl2/c1-15-3-7-19(8-4-15)25-26(20-9-5-16(2)6-10-20)31(23(33)27-25)13-17-11-21-22(30-37(35,36)29-21)12-18(17)14-32(26)24(34)28-25;3-1-2-4/h3-12,29-30H,13-14H2,1-2H3,(H,27,33)(H,28,34);1-2H2. The minimum Gasteiger partial charge on any atom is -0.307 e. The van der Waals surface area contributed by atoms with Gasteiger partial charge in [0.2, 0.25) is 0 Å². The SMILES string of the molecule is Cc1ccc(C23NC(=O)N4Cc5cc6c(cc5CN(C(=O)N2)C43c2ccc(C)cc2)NS(=O)(=O)N6)cc1.ClCCCl. The van der Waals surface area contributed by atoms with Crippen LogP contribution in [0.3, 0.4) is 0 Å². The number of nitrogens with one attached hydrogen (secondary N) is 4. The van der Waals surface area contributed by atoms with Crippen LogP contribution in [0.5, 0.6) is 0 Å². The van der Waals surface area contributed by atoms with Gasteiger partial charge < -0.3 is 10.6 Å². The molecule has 0 bridgehead atoms. The molecule has 4 N–H and O–H groups in total. The van der Waals surface area contributed by atoms with Crippen LogP contribution in [0.2, 0.25) is 0 Å². The van der Waals surface area contributed by atoms with Crippen LogP contribution in [-0.2, 0) is 34.6 Å². The molecule has 0 spiro atoms. The molecule has 0 unspecified atom stereocenters. The van der Waals surface area contributed by atoms with Crippen molar-refractivity contribution in [3.8, 4) is 0 Å². The van der Waals surface area contributed by atoms with Crippen molar-refractivity contribution in [1.29, 1.82) is 0 Å². The molecule has 10 nitrogen and oxygen atoms in total. The summed E-state index contributed by atoms with van der Waals surface area (Å²) >= 11 is 10.1. The van der Waals surface area contributed by atoms with E-state index in [0.29, 0.717) is 23.1 Å². The molecule has 3 aromatic rings. The largest absolute Gasteiger partial charge is 0.322 e. The zero-order chi connectivity index (χ0) is 29.2. The molecule has 0 radical (unpaired) electrons. The Kier molecular flexibility index (Phi) is 6.51. The normalized spacial score (nSPS) is 24.5. The van der Waals surface area contributed by atoms with E-state index in [-0.39, 0.29) is 25.2 Å². The number of hydrogen-bond acceptors (Lipinski definition) is 4. The summed E-state index contributed by atoms with van der Waals surface area (Å²) in [5.74, 6) is 1.11. The first-order valence-corrected chi connectivity index (χ1v) is 15.5. The summed E-state index contributed by atoms with van der Waals surface area (Å²) in [6.45, 7) is 4.32. The third-order valence-corrected chi connectivity index (χ3v) is 9.43. The fourth-order valence-corrected chi connectivity index (χ4v) is 7.12. The number of aryl methyl sites for hydroxylation is 2. The van der Waals surface area contributed by atoms with Crippen molar-refractivity contribution in [2.24, 2.45) is 0 Å². The van der Waals surface area contributed by atoms with Gasteiger partial charge >= 0.3 is 22.3 Å². The molecule has 214 valence electrons. The maximum atomic E-state index is 13.8. The molecule has 3 aromatic carbocycles. The van der Waals surface area contributed by atoms with E-state index < -0.39 is 21.5 Å². The average Bonchev–Trinajstić information content (AvgIpc) is 3.40. The minimum absolute atomic E-state index is 0.170. The number of fused-ring (bicyclic) bond motifs is 2. The summed E-state index contributed by atoms with van der Waals surface area (Å²) in [5, 5.41) is 6.27. The molecule has 0 atom stereocenters. The van der Waals surface area contributed by atoms with Crippen molar-refractivity contribution < 1.29 is 18.0 Å². The third-order valence-electron chi connectivity index (χ3n) is 7.88. The fraction of sp³-hybridized carbons (Fsp3) is 0.286. The number of benzene rings is 3. The molecule has 4 aliphatic rings. The summed E-state index contributed by atoms with van der Waals surface area (Å²) in [5.41, 5.74) is 3.53. The van der Waals surface area contributed by atoms with Crippen LogP contribution in [0.25, 0.3) is 0 Å². The smallest absolute Gasteiger partial charge is 0.307 e. The van der Waals surface area contributed by atoms with Crippen LogP contribution in [0.15, 0.2) is 60.7 Å². The highest BCUT2D eigenvalue weighted by Gasteiger charge is 2.74. The number of amides is 4. The molecule has 0 aromatic heterocycles. The molecule has 7 rings (SSSR count).